The molecule has 0 unspecified atom stereocenters. The van der Waals surface area contributed by atoms with Gasteiger partial charge in [0.1, 0.15) is 5.82 Å². The predicted octanol–water partition coefficient (Wildman–Crippen LogP) is 0.681. The van der Waals surface area contributed by atoms with Crippen LogP contribution in [0.2, 0.25) is 0 Å². The summed E-state index contributed by atoms with van der Waals surface area (Å²) in [6, 6.07) is 20.7. The standard InChI is InChI=1S/C24H17FN2O3S.Na/c25-20-12-16(8-11-19(20)17-4-2-1-3-5-17)13-21-23(30)27-24(31-21)26-18-9-6-15(7-10-18)14-22(28)29;/h1-13H,14H2,(H,28,29)(H,26,27,30);/q;+1/p-1. The predicted molar refractivity (Wildman–Crippen MR) is 118 cm³/mol. The Labute approximate surface area is 210 Å². The van der Waals surface area contributed by atoms with Crippen molar-refractivity contribution in [2.45, 2.75) is 6.42 Å². The Morgan fingerprint density at radius 2 is 1.78 bits per heavy atom. The second-order valence-corrected chi connectivity index (χ2v) is 7.83. The summed E-state index contributed by atoms with van der Waals surface area (Å²) in [7, 11) is 0. The van der Waals surface area contributed by atoms with Crippen molar-refractivity contribution in [2.24, 2.45) is 4.99 Å². The van der Waals surface area contributed by atoms with Crippen LogP contribution in [0.3, 0.4) is 0 Å². The van der Waals surface area contributed by atoms with E-state index in [2.05, 4.69) is 10.3 Å². The van der Waals surface area contributed by atoms with Crippen molar-refractivity contribution in [3.63, 3.8) is 0 Å². The van der Waals surface area contributed by atoms with Gasteiger partial charge in [0.05, 0.1) is 10.6 Å². The summed E-state index contributed by atoms with van der Waals surface area (Å²) in [5.74, 6) is -1.83. The van der Waals surface area contributed by atoms with Crippen LogP contribution >= 0.6 is 11.8 Å². The van der Waals surface area contributed by atoms with Crippen molar-refractivity contribution >= 4 is 40.6 Å². The van der Waals surface area contributed by atoms with Crippen LogP contribution in [0.4, 0.5) is 10.1 Å². The van der Waals surface area contributed by atoms with Crippen LogP contribution in [0.15, 0.2) is 82.7 Å². The molecule has 3 aromatic carbocycles. The second-order valence-electron chi connectivity index (χ2n) is 6.80. The zero-order valence-electron chi connectivity index (χ0n) is 17.2. The van der Waals surface area contributed by atoms with Crippen LogP contribution in [0.5, 0.6) is 0 Å². The maximum Gasteiger partial charge on any atom is 1.00 e. The smallest absolute Gasteiger partial charge is 0.550 e. The monoisotopic (exact) mass is 454 g/mol. The van der Waals surface area contributed by atoms with E-state index in [9.17, 15) is 19.1 Å². The fourth-order valence-electron chi connectivity index (χ4n) is 3.08. The van der Waals surface area contributed by atoms with Gasteiger partial charge in [-0.3, -0.25) is 4.79 Å². The molecule has 8 heteroatoms. The number of halogens is 1. The third-order valence-electron chi connectivity index (χ3n) is 4.54. The topological polar surface area (TPSA) is 81.6 Å². The normalized spacial score (nSPS) is 15.5. The number of nitrogens with zero attached hydrogens (tertiary/aromatic N) is 1. The first-order valence-electron chi connectivity index (χ1n) is 9.41. The molecule has 3 aromatic rings. The molecular formula is C24H16FN2NaO3S. The number of aliphatic carboxylic acids is 1. The number of aliphatic imine (C=N–C) groups is 1. The molecule has 1 aliphatic heterocycles. The van der Waals surface area contributed by atoms with E-state index in [1.165, 1.54) is 6.07 Å². The summed E-state index contributed by atoms with van der Waals surface area (Å²) in [6.45, 7) is 0. The minimum atomic E-state index is -1.15. The van der Waals surface area contributed by atoms with Gasteiger partial charge in [0, 0.05) is 18.0 Å². The zero-order valence-corrected chi connectivity index (χ0v) is 20.0. The molecule has 4 rings (SSSR count). The molecule has 1 N–H and O–H groups in total. The summed E-state index contributed by atoms with van der Waals surface area (Å²) < 4.78 is 14.6. The molecule has 154 valence electrons. The maximum atomic E-state index is 14.6. The van der Waals surface area contributed by atoms with Gasteiger partial charge in [-0.25, -0.2) is 9.38 Å². The summed E-state index contributed by atoms with van der Waals surface area (Å²) >= 11 is 1.15. The van der Waals surface area contributed by atoms with Crippen LogP contribution in [-0.4, -0.2) is 17.0 Å². The van der Waals surface area contributed by atoms with Gasteiger partial charge < -0.3 is 15.2 Å². The first-order chi connectivity index (χ1) is 15.0. The Bertz CT molecular complexity index is 1210. The molecule has 32 heavy (non-hydrogen) atoms. The first-order valence-corrected chi connectivity index (χ1v) is 10.2. The van der Waals surface area contributed by atoms with E-state index in [4.69, 9.17) is 0 Å². The van der Waals surface area contributed by atoms with Gasteiger partial charge in [0.2, 0.25) is 0 Å². The molecule has 0 atom stereocenters. The number of carboxylic acids is 1. The van der Waals surface area contributed by atoms with E-state index >= 15 is 0 Å². The number of carboxylic acid groups (broad SMARTS) is 1. The minimum Gasteiger partial charge on any atom is -0.550 e. The molecule has 0 radical (unpaired) electrons. The van der Waals surface area contributed by atoms with Crippen LogP contribution in [0.1, 0.15) is 11.1 Å². The molecule has 0 aliphatic carbocycles. The SMILES string of the molecule is O=C([O-])Cc1ccc(N=C2NC(=O)C(=Cc3ccc(-c4ccccc4)c(F)c3)S2)cc1.[Na+]. The average molecular weight is 454 g/mol. The average Bonchev–Trinajstić information content (AvgIpc) is 3.08. The number of amidine groups is 1. The molecule has 1 heterocycles. The number of nitrogens with one attached hydrogen (secondary N) is 1. The second kappa shape index (κ2) is 10.7. The van der Waals surface area contributed by atoms with Gasteiger partial charge in [-0.05, 0) is 52.7 Å². The van der Waals surface area contributed by atoms with Gasteiger partial charge in [-0.15, -0.1) is 0 Å². The Kier molecular flexibility index (Phi) is 8.04. The van der Waals surface area contributed by atoms with Crippen molar-refractivity contribution < 1.29 is 48.6 Å². The Balaban J connectivity index is 0.00000289. The third kappa shape index (κ3) is 5.95. The summed E-state index contributed by atoms with van der Waals surface area (Å²) in [5, 5.41) is 13.7. The van der Waals surface area contributed by atoms with Crippen molar-refractivity contribution in [3.05, 3.63) is 94.6 Å². The fourth-order valence-corrected chi connectivity index (χ4v) is 3.92. The number of hydrogen-bond acceptors (Lipinski definition) is 5. The Morgan fingerprint density at radius 1 is 1.06 bits per heavy atom. The molecule has 1 saturated heterocycles. The quantitative estimate of drug-likeness (QED) is 0.454. The van der Waals surface area contributed by atoms with Crippen LogP contribution in [0, 0.1) is 5.82 Å². The van der Waals surface area contributed by atoms with Crippen LogP contribution in [-0.2, 0) is 16.0 Å². The van der Waals surface area contributed by atoms with E-state index in [0.717, 1.165) is 17.3 Å². The molecule has 0 bridgehead atoms. The van der Waals surface area contributed by atoms with Crippen LogP contribution in [0.25, 0.3) is 17.2 Å². The van der Waals surface area contributed by atoms with Crippen LogP contribution < -0.4 is 40.0 Å². The molecular weight excluding hydrogens is 438 g/mol. The number of benzene rings is 3. The number of thioether (sulfide) groups is 1. The summed E-state index contributed by atoms with van der Waals surface area (Å²) in [5.41, 5.74) is 3.03. The van der Waals surface area contributed by atoms with E-state index in [1.54, 1.807) is 42.5 Å². The molecule has 1 fully saturated rings. The molecule has 0 aromatic heterocycles. The van der Waals surface area contributed by atoms with E-state index in [1.807, 2.05) is 30.3 Å². The number of carbonyl (C=O) groups is 2. The number of amides is 1. The van der Waals surface area contributed by atoms with Crippen molar-refractivity contribution in [1.29, 1.82) is 0 Å². The Morgan fingerprint density at radius 3 is 2.44 bits per heavy atom. The van der Waals surface area contributed by atoms with Crippen molar-refractivity contribution in [2.75, 3.05) is 0 Å². The van der Waals surface area contributed by atoms with Gasteiger partial charge in [-0.1, -0.05) is 54.6 Å². The van der Waals surface area contributed by atoms with Gasteiger partial charge in [-0.2, -0.15) is 0 Å². The molecule has 1 aliphatic rings. The zero-order chi connectivity index (χ0) is 21.8. The molecule has 0 saturated carbocycles. The van der Waals surface area contributed by atoms with E-state index < -0.39 is 5.97 Å². The van der Waals surface area contributed by atoms with Crippen molar-refractivity contribution in [1.82, 2.24) is 5.32 Å². The van der Waals surface area contributed by atoms with Gasteiger partial charge in [0.25, 0.3) is 5.91 Å². The number of hydrogen-bond donors (Lipinski definition) is 1. The molecule has 5 nitrogen and oxygen atoms in total. The first kappa shape index (κ1) is 23.9. The summed E-state index contributed by atoms with van der Waals surface area (Å²) in [4.78, 5) is 27.7. The minimum absolute atomic E-state index is 0. The maximum absolute atomic E-state index is 14.6. The largest absolute Gasteiger partial charge is 1.00 e. The van der Waals surface area contributed by atoms with E-state index in [-0.39, 0.29) is 47.7 Å². The Hall–Kier alpha value is -2.71. The number of carbonyl (C=O) groups excluding carboxylic acids is 2. The molecule has 1 amide bonds. The third-order valence-corrected chi connectivity index (χ3v) is 5.45. The molecule has 0 spiro atoms. The van der Waals surface area contributed by atoms with E-state index in [0.29, 0.717) is 32.5 Å². The summed E-state index contributed by atoms with van der Waals surface area (Å²) in [6.07, 6.45) is 1.44. The fraction of sp³-hybridized carbons (Fsp3) is 0.0417. The number of rotatable bonds is 5. The van der Waals surface area contributed by atoms with Crippen molar-refractivity contribution in [3.8, 4) is 11.1 Å². The van der Waals surface area contributed by atoms with Gasteiger partial charge >= 0.3 is 29.6 Å². The van der Waals surface area contributed by atoms with Gasteiger partial charge in [0.15, 0.2) is 5.17 Å².